The molecular weight excluding hydrogens is 336 g/mol. The lowest BCUT2D eigenvalue weighted by molar-refractivity contribution is -0.111. The fourth-order valence-corrected chi connectivity index (χ4v) is 3.22. The van der Waals surface area contributed by atoms with Crippen molar-refractivity contribution in [2.45, 2.75) is 32.6 Å². The molecule has 0 atom stereocenters. The van der Waals surface area contributed by atoms with E-state index < -0.39 is 0 Å². The molecule has 1 fully saturated rings. The molecule has 4 nitrogen and oxygen atoms in total. The third kappa shape index (κ3) is 5.61. The van der Waals surface area contributed by atoms with Crippen molar-refractivity contribution in [2.24, 2.45) is 0 Å². The minimum absolute atomic E-state index is 0.147. The first-order valence-corrected chi connectivity index (χ1v) is 9.82. The Morgan fingerprint density at radius 3 is 2.56 bits per heavy atom. The molecule has 0 spiro atoms. The molecule has 1 saturated heterocycles. The fraction of sp³-hybridized carbons (Fsp3) is 0.348. The molecule has 1 aliphatic heterocycles. The molecule has 0 bridgehead atoms. The van der Waals surface area contributed by atoms with Gasteiger partial charge in [-0.15, -0.1) is 0 Å². The van der Waals surface area contributed by atoms with Crippen molar-refractivity contribution in [3.63, 3.8) is 0 Å². The zero-order chi connectivity index (χ0) is 18.9. The van der Waals surface area contributed by atoms with Crippen molar-refractivity contribution < 1.29 is 9.53 Å². The molecule has 3 rings (SSSR count). The molecule has 0 aromatic heterocycles. The summed E-state index contributed by atoms with van der Waals surface area (Å²) in [5, 5.41) is 2.92. The van der Waals surface area contributed by atoms with Crippen LogP contribution in [0.15, 0.2) is 54.6 Å². The smallest absolute Gasteiger partial charge is 0.248 e. The summed E-state index contributed by atoms with van der Waals surface area (Å²) in [6.45, 7) is 4.98. The van der Waals surface area contributed by atoms with Gasteiger partial charge in [-0.05, 0) is 62.1 Å². The Bertz CT molecular complexity index is 762. The number of benzene rings is 2. The van der Waals surface area contributed by atoms with Crippen molar-refractivity contribution in [3.05, 3.63) is 60.2 Å². The summed E-state index contributed by atoms with van der Waals surface area (Å²) in [6, 6.07) is 15.8. The van der Waals surface area contributed by atoms with Gasteiger partial charge in [-0.1, -0.05) is 25.1 Å². The Hall–Kier alpha value is -2.75. The van der Waals surface area contributed by atoms with Crippen LogP contribution in [0.5, 0.6) is 5.75 Å². The van der Waals surface area contributed by atoms with E-state index >= 15 is 0 Å². The van der Waals surface area contributed by atoms with Crippen LogP contribution >= 0.6 is 0 Å². The number of amides is 1. The van der Waals surface area contributed by atoms with Crippen LogP contribution in [0, 0.1) is 0 Å². The maximum atomic E-state index is 12.2. The van der Waals surface area contributed by atoms with E-state index in [0.717, 1.165) is 36.5 Å². The van der Waals surface area contributed by atoms with Crippen LogP contribution in [0.2, 0.25) is 0 Å². The topological polar surface area (TPSA) is 41.6 Å². The zero-order valence-corrected chi connectivity index (χ0v) is 16.0. The first-order valence-electron chi connectivity index (χ1n) is 9.82. The lowest BCUT2D eigenvalue weighted by Gasteiger charge is -2.28. The number of nitrogens with one attached hydrogen (secondary N) is 1. The fourth-order valence-electron chi connectivity index (χ4n) is 3.22. The average molecular weight is 364 g/mol. The minimum atomic E-state index is -0.147. The van der Waals surface area contributed by atoms with Crippen molar-refractivity contribution in [1.82, 2.24) is 0 Å². The summed E-state index contributed by atoms with van der Waals surface area (Å²) >= 11 is 0. The van der Waals surface area contributed by atoms with E-state index in [9.17, 15) is 4.79 Å². The summed E-state index contributed by atoms with van der Waals surface area (Å²) in [7, 11) is 0. The highest BCUT2D eigenvalue weighted by Crippen LogP contribution is 2.22. The van der Waals surface area contributed by atoms with Crippen LogP contribution in [-0.4, -0.2) is 25.6 Å². The molecule has 1 heterocycles. The number of rotatable bonds is 7. The Morgan fingerprint density at radius 1 is 1.07 bits per heavy atom. The maximum absolute atomic E-state index is 12.2. The van der Waals surface area contributed by atoms with Crippen molar-refractivity contribution in [1.29, 1.82) is 0 Å². The number of ether oxygens (including phenoxy) is 1. The van der Waals surface area contributed by atoms with Crippen LogP contribution in [0.1, 0.15) is 38.2 Å². The molecule has 142 valence electrons. The predicted molar refractivity (Wildman–Crippen MR) is 112 cm³/mol. The van der Waals surface area contributed by atoms with Crippen LogP contribution < -0.4 is 15.0 Å². The van der Waals surface area contributed by atoms with Gasteiger partial charge in [0.25, 0.3) is 0 Å². The van der Waals surface area contributed by atoms with Crippen LogP contribution in [0.25, 0.3) is 6.08 Å². The van der Waals surface area contributed by atoms with Gasteiger partial charge < -0.3 is 15.0 Å². The van der Waals surface area contributed by atoms with Gasteiger partial charge >= 0.3 is 0 Å². The van der Waals surface area contributed by atoms with E-state index in [1.807, 2.05) is 36.4 Å². The molecule has 0 aliphatic carbocycles. The zero-order valence-electron chi connectivity index (χ0n) is 16.0. The molecule has 1 amide bonds. The third-order valence-corrected chi connectivity index (χ3v) is 4.65. The lowest BCUT2D eigenvalue weighted by atomic mass is 10.1. The summed E-state index contributed by atoms with van der Waals surface area (Å²) in [4.78, 5) is 14.7. The van der Waals surface area contributed by atoms with Gasteiger partial charge in [0, 0.05) is 36.1 Å². The molecule has 0 unspecified atom stereocenters. The highest BCUT2D eigenvalue weighted by Gasteiger charge is 2.10. The largest absolute Gasteiger partial charge is 0.493 e. The van der Waals surface area contributed by atoms with Crippen molar-refractivity contribution in [2.75, 3.05) is 29.9 Å². The molecule has 2 aromatic carbocycles. The first kappa shape index (κ1) is 19.0. The van der Waals surface area contributed by atoms with E-state index in [1.54, 1.807) is 12.2 Å². The van der Waals surface area contributed by atoms with E-state index in [4.69, 9.17) is 4.74 Å². The van der Waals surface area contributed by atoms with Gasteiger partial charge in [-0.3, -0.25) is 4.79 Å². The Balaban J connectivity index is 1.58. The molecular formula is C23H28N2O2. The second-order valence-electron chi connectivity index (χ2n) is 6.80. The molecule has 0 saturated carbocycles. The number of piperidine rings is 1. The molecule has 1 N–H and O–H groups in total. The van der Waals surface area contributed by atoms with Crippen LogP contribution in [-0.2, 0) is 4.79 Å². The standard InChI is InChI=1S/C23H28N2O2/c1-2-18-27-22-9-5-4-8-19(22)10-15-23(26)24-20-11-13-21(14-12-20)25-16-6-3-7-17-25/h4-5,8-15H,2-3,6-7,16-18H2,1H3,(H,24,26). The second-order valence-corrected chi connectivity index (χ2v) is 6.80. The quantitative estimate of drug-likeness (QED) is 0.694. The molecule has 27 heavy (non-hydrogen) atoms. The molecule has 1 aliphatic rings. The normalized spacial score (nSPS) is 14.3. The van der Waals surface area contributed by atoms with Gasteiger partial charge in [0.2, 0.25) is 5.91 Å². The molecule has 2 aromatic rings. The minimum Gasteiger partial charge on any atom is -0.493 e. The number of nitrogens with zero attached hydrogens (tertiary/aromatic N) is 1. The Labute approximate surface area is 161 Å². The van der Waals surface area contributed by atoms with Crippen molar-refractivity contribution >= 4 is 23.4 Å². The van der Waals surface area contributed by atoms with Gasteiger partial charge in [0.1, 0.15) is 5.75 Å². The predicted octanol–water partition coefficient (Wildman–Crippen LogP) is 5.12. The first-order chi connectivity index (χ1) is 13.3. The summed E-state index contributed by atoms with van der Waals surface area (Å²) < 4.78 is 5.72. The second kappa shape index (κ2) is 9.81. The van der Waals surface area contributed by atoms with Crippen LogP contribution in [0.3, 0.4) is 0 Å². The SMILES string of the molecule is CCCOc1ccccc1C=CC(=O)Nc1ccc(N2CCCCC2)cc1. The lowest BCUT2D eigenvalue weighted by Crippen LogP contribution is -2.29. The van der Waals surface area contributed by atoms with E-state index in [0.29, 0.717) is 6.61 Å². The van der Waals surface area contributed by atoms with E-state index in [-0.39, 0.29) is 5.91 Å². The monoisotopic (exact) mass is 364 g/mol. The van der Waals surface area contributed by atoms with Gasteiger partial charge in [0.05, 0.1) is 6.61 Å². The number of carbonyl (C=O) groups excluding carboxylic acids is 1. The number of carbonyl (C=O) groups is 1. The average Bonchev–Trinajstić information content (AvgIpc) is 2.72. The van der Waals surface area contributed by atoms with E-state index in [2.05, 4.69) is 29.3 Å². The highest BCUT2D eigenvalue weighted by atomic mass is 16.5. The van der Waals surface area contributed by atoms with E-state index in [1.165, 1.54) is 24.9 Å². The summed E-state index contributed by atoms with van der Waals surface area (Å²) in [5.41, 5.74) is 2.94. The Kier molecular flexibility index (Phi) is 6.91. The number of para-hydroxylation sites is 1. The van der Waals surface area contributed by atoms with Crippen LogP contribution in [0.4, 0.5) is 11.4 Å². The van der Waals surface area contributed by atoms with Gasteiger partial charge in [0.15, 0.2) is 0 Å². The van der Waals surface area contributed by atoms with Gasteiger partial charge in [-0.25, -0.2) is 0 Å². The van der Waals surface area contributed by atoms with Gasteiger partial charge in [-0.2, -0.15) is 0 Å². The highest BCUT2D eigenvalue weighted by molar-refractivity contribution is 6.02. The number of hydrogen-bond acceptors (Lipinski definition) is 3. The molecule has 0 radical (unpaired) electrons. The summed E-state index contributed by atoms with van der Waals surface area (Å²) in [5.74, 6) is 0.653. The maximum Gasteiger partial charge on any atom is 0.248 e. The molecule has 4 heteroatoms. The third-order valence-electron chi connectivity index (χ3n) is 4.65. The number of anilines is 2. The number of hydrogen-bond donors (Lipinski definition) is 1. The van der Waals surface area contributed by atoms with Crippen molar-refractivity contribution in [3.8, 4) is 5.75 Å². The Morgan fingerprint density at radius 2 is 1.81 bits per heavy atom. The summed E-state index contributed by atoms with van der Waals surface area (Å²) in [6.07, 6.45) is 8.13.